The molecule has 0 saturated heterocycles. The monoisotopic (exact) mass is 506 g/mol. The molecule has 0 aliphatic carbocycles. The number of Topliss-reactive ketones (excluding diaryl/α,β-unsaturated/α-hetero) is 1. The van der Waals surface area contributed by atoms with Crippen molar-refractivity contribution < 1.29 is 38.1 Å². The number of nitrogens with one attached hydrogen (secondary N) is 2. The highest BCUT2D eigenvalue weighted by Gasteiger charge is 2.16. The van der Waals surface area contributed by atoms with Crippen molar-refractivity contribution in [1.29, 1.82) is 0 Å². The molecule has 3 aromatic rings. The molecule has 0 fully saturated rings. The molecule has 0 aliphatic heterocycles. The van der Waals surface area contributed by atoms with Crippen LogP contribution in [0.15, 0.2) is 66.7 Å². The number of hydrogen-bond acceptors (Lipinski definition) is 8. The van der Waals surface area contributed by atoms with Gasteiger partial charge in [0.25, 0.3) is 11.8 Å². The standard InChI is InChI=1S/C27H26N2O8/c1-17(30)18-8-11-20(12-9-18)28-25(31)16-37-27(33)19-10-13-23(24(14-19)35-3)36-15-26(32)29-21-6-4-5-7-22(21)34-2/h4-14H,15-16H2,1-3H3,(H,28,31)(H,29,32). The van der Waals surface area contributed by atoms with Gasteiger partial charge in [0.1, 0.15) is 5.75 Å². The van der Waals surface area contributed by atoms with Crippen molar-refractivity contribution >= 4 is 34.9 Å². The average Bonchev–Trinajstić information content (AvgIpc) is 2.91. The minimum Gasteiger partial charge on any atom is -0.495 e. The number of carbonyl (C=O) groups is 4. The summed E-state index contributed by atoms with van der Waals surface area (Å²) in [4.78, 5) is 48.2. The van der Waals surface area contributed by atoms with Crippen LogP contribution in [-0.2, 0) is 14.3 Å². The lowest BCUT2D eigenvalue weighted by atomic mass is 10.1. The number of benzene rings is 3. The molecule has 0 heterocycles. The van der Waals surface area contributed by atoms with Crippen LogP contribution < -0.4 is 24.8 Å². The van der Waals surface area contributed by atoms with E-state index in [0.29, 0.717) is 22.7 Å². The molecule has 0 bridgehead atoms. The van der Waals surface area contributed by atoms with Crippen molar-refractivity contribution in [3.63, 3.8) is 0 Å². The molecule has 0 aromatic heterocycles. The topological polar surface area (TPSA) is 129 Å². The first-order chi connectivity index (χ1) is 17.8. The molecule has 0 saturated carbocycles. The zero-order valence-electron chi connectivity index (χ0n) is 20.5. The normalized spacial score (nSPS) is 10.1. The van der Waals surface area contributed by atoms with Crippen molar-refractivity contribution in [2.24, 2.45) is 0 Å². The maximum Gasteiger partial charge on any atom is 0.338 e. The van der Waals surface area contributed by atoms with E-state index in [1.54, 1.807) is 48.5 Å². The molecule has 3 aromatic carbocycles. The number of esters is 1. The molecule has 0 unspecified atom stereocenters. The van der Waals surface area contributed by atoms with Crippen LogP contribution >= 0.6 is 0 Å². The van der Waals surface area contributed by atoms with E-state index < -0.39 is 24.4 Å². The first-order valence-corrected chi connectivity index (χ1v) is 11.1. The fraction of sp³-hybridized carbons (Fsp3) is 0.185. The number of rotatable bonds is 11. The SMILES string of the molecule is COc1ccccc1NC(=O)COc1ccc(C(=O)OCC(=O)Nc2ccc(C(C)=O)cc2)cc1OC. The highest BCUT2D eigenvalue weighted by atomic mass is 16.5. The molecule has 192 valence electrons. The fourth-order valence-electron chi connectivity index (χ4n) is 3.19. The number of ketones is 1. The summed E-state index contributed by atoms with van der Waals surface area (Å²) < 4.78 is 21.1. The van der Waals surface area contributed by atoms with Crippen molar-refractivity contribution in [3.8, 4) is 17.2 Å². The Hall–Kier alpha value is -4.86. The van der Waals surface area contributed by atoms with E-state index in [1.807, 2.05) is 0 Å². The summed E-state index contributed by atoms with van der Waals surface area (Å²) in [5.74, 6) is -0.851. The Bertz CT molecular complexity index is 1290. The largest absolute Gasteiger partial charge is 0.495 e. The van der Waals surface area contributed by atoms with Gasteiger partial charge in [0.2, 0.25) is 0 Å². The van der Waals surface area contributed by atoms with Crippen LogP contribution in [0.4, 0.5) is 11.4 Å². The Kier molecular flexibility index (Phi) is 9.20. The van der Waals surface area contributed by atoms with E-state index in [-0.39, 0.29) is 29.5 Å². The molecule has 10 heteroatoms. The van der Waals surface area contributed by atoms with Gasteiger partial charge in [0.05, 0.1) is 25.5 Å². The summed E-state index contributed by atoms with van der Waals surface area (Å²) in [6.07, 6.45) is 0. The lowest BCUT2D eigenvalue weighted by molar-refractivity contribution is -0.119. The number of methoxy groups -OCH3 is 2. The predicted molar refractivity (Wildman–Crippen MR) is 135 cm³/mol. The maximum absolute atomic E-state index is 12.4. The van der Waals surface area contributed by atoms with Crippen LogP contribution in [0.1, 0.15) is 27.6 Å². The van der Waals surface area contributed by atoms with Gasteiger partial charge in [-0.2, -0.15) is 0 Å². The molecule has 2 N–H and O–H groups in total. The van der Waals surface area contributed by atoms with Gasteiger partial charge in [0, 0.05) is 11.3 Å². The van der Waals surface area contributed by atoms with Crippen molar-refractivity contribution in [1.82, 2.24) is 0 Å². The Morgan fingerprint density at radius 2 is 1.35 bits per heavy atom. The molecule has 3 rings (SSSR count). The summed E-state index contributed by atoms with van der Waals surface area (Å²) in [5, 5.41) is 5.27. The molecular formula is C27H26N2O8. The Morgan fingerprint density at radius 3 is 2.03 bits per heavy atom. The van der Waals surface area contributed by atoms with E-state index in [0.717, 1.165) is 0 Å². The van der Waals surface area contributed by atoms with E-state index in [1.165, 1.54) is 39.3 Å². The third-order valence-electron chi connectivity index (χ3n) is 5.05. The second-order valence-corrected chi connectivity index (χ2v) is 7.66. The lowest BCUT2D eigenvalue weighted by Crippen LogP contribution is -2.21. The Labute approximate surface area is 213 Å². The first-order valence-electron chi connectivity index (χ1n) is 11.1. The van der Waals surface area contributed by atoms with Crippen molar-refractivity contribution in [3.05, 3.63) is 77.9 Å². The van der Waals surface area contributed by atoms with Crippen LogP contribution in [0, 0.1) is 0 Å². The van der Waals surface area contributed by atoms with Crippen LogP contribution in [0.5, 0.6) is 17.2 Å². The van der Waals surface area contributed by atoms with Crippen LogP contribution in [0.25, 0.3) is 0 Å². The molecule has 0 radical (unpaired) electrons. The summed E-state index contributed by atoms with van der Waals surface area (Å²) in [7, 11) is 2.89. The van der Waals surface area contributed by atoms with Crippen LogP contribution in [0.2, 0.25) is 0 Å². The summed E-state index contributed by atoms with van der Waals surface area (Å²) in [5.41, 5.74) is 1.61. The number of carbonyl (C=O) groups excluding carboxylic acids is 4. The van der Waals surface area contributed by atoms with E-state index in [9.17, 15) is 19.2 Å². The van der Waals surface area contributed by atoms with Gasteiger partial charge in [-0.15, -0.1) is 0 Å². The lowest BCUT2D eigenvalue weighted by Gasteiger charge is -2.13. The Morgan fingerprint density at radius 1 is 0.703 bits per heavy atom. The van der Waals surface area contributed by atoms with Gasteiger partial charge in [-0.25, -0.2) is 4.79 Å². The molecule has 0 atom stereocenters. The molecule has 0 spiro atoms. The van der Waals surface area contributed by atoms with Crippen LogP contribution in [0.3, 0.4) is 0 Å². The van der Waals surface area contributed by atoms with Gasteiger partial charge in [-0.1, -0.05) is 12.1 Å². The smallest absolute Gasteiger partial charge is 0.338 e. The molecule has 2 amide bonds. The first kappa shape index (κ1) is 26.7. The van der Waals surface area contributed by atoms with Crippen molar-refractivity contribution in [2.45, 2.75) is 6.92 Å². The van der Waals surface area contributed by atoms with E-state index >= 15 is 0 Å². The molecule has 10 nitrogen and oxygen atoms in total. The molecule has 37 heavy (non-hydrogen) atoms. The predicted octanol–water partition coefficient (Wildman–Crippen LogP) is 3.72. The number of anilines is 2. The van der Waals surface area contributed by atoms with E-state index in [4.69, 9.17) is 18.9 Å². The number of amides is 2. The van der Waals surface area contributed by atoms with Crippen molar-refractivity contribution in [2.75, 3.05) is 38.1 Å². The van der Waals surface area contributed by atoms with E-state index in [2.05, 4.69) is 10.6 Å². The number of ether oxygens (including phenoxy) is 4. The summed E-state index contributed by atoms with van der Waals surface area (Å²) >= 11 is 0. The van der Waals surface area contributed by atoms with Gasteiger partial charge < -0.3 is 29.6 Å². The molecular weight excluding hydrogens is 480 g/mol. The van der Waals surface area contributed by atoms with Gasteiger partial charge in [-0.05, 0) is 61.5 Å². The number of hydrogen-bond donors (Lipinski definition) is 2. The van der Waals surface area contributed by atoms with Gasteiger partial charge in [-0.3, -0.25) is 14.4 Å². The summed E-state index contributed by atoms with van der Waals surface area (Å²) in [6, 6.07) is 17.6. The highest BCUT2D eigenvalue weighted by Crippen LogP contribution is 2.29. The summed E-state index contributed by atoms with van der Waals surface area (Å²) in [6.45, 7) is 0.615. The van der Waals surface area contributed by atoms with Crippen LogP contribution in [-0.4, -0.2) is 51.0 Å². The Balaban J connectivity index is 1.53. The number of para-hydroxylation sites is 2. The zero-order chi connectivity index (χ0) is 26.8. The average molecular weight is 507 g/mol. The highest BCUT2D eigenvalue weighted by molar-refractivity contribution is 5.97. The minimum atomic E-state index is -0.749. The molecule has 0 aliphatic rings. The second-order valence-electron chi connectivity index (χ2n) is 7.66. The second kappa shape index (κ2) is 12.7. The zero-order valence-corrected chi connectivity index (χ0v) is 20.5. The van der Waals surface area contributed by atoms with Gasteiger partial charge in [0.15, 0.2) is 30.5 Å². The quantitative estimate of drug-likeness (QED) is 0.297. The minimum absolute atomic E-state index is 0.0882. The third-order valence-corrected chi connectivity index (χ3v) is 5.05. The maximum atomic E-state index is 12.4. The fourth-order valence-corrected chi connectivity index (χ4v) is 3.19. The third kappa shape index (κ3) is 7.56. The van der Waals surface area contributed by atoms with Gasteiger partial charge >= 0.3 is 5.97 Å².